The lowest BCUT2D eigenvalue weighted by molar-refractivity contribution is 0.0934. The number of carbonyl (C=O) groups is 1. The first-order valence-corrected chi connectivity index (χ1v) is 11.2. The van der Waals surface area contributed by atoms with Crippen LogP contribution in [0.1, 0.15) is 10.4 Å². The fourth-order valence-electron chi connectivity index (χ4n) is 2.07. The molecule has 1 amide bonds. The van der Waals surface area contributed by atoms with Crippen molar-refractivity contribution in [1.29, 1.82) is 0 Å². The topological polar surface area (TPSA) is 113 Å². The third kappa shape index (κ3) is 7.45. The lowest BCUT2D eigenvalue weighted by Gasteiger charge is -2.27. The number of hydrogen-bond acceptors (Lipinski definition) is 4. The molecular weight excluding hydrogens is 502 g/mol. The normalized spacial score (nSPS) is 12.7. The molecule has 156 valence electrons. The monoisotopic (exact) mass is 514 g/mol. The van der Waals surface area contributed by atoms with Crippen LogP contribution in [0.3, 0.4) is 0 Å². The highest BCUT2D eigenvalue weighted by atomic mass is 35.6. The zero-order valence-electron chi connectivity index (χ0n) is 14.3. The second-order valence-corrected chi connectivity index (χ2v) is 10.4. The van der Waals surface area contributed by atoms with Crippen LogP contribution in [0.4, 0.5) is 5.69 Å². The molecule has 7 nitrogen and oxygen atoms in total. The van der Waals surface area contributed by atoms with Gasteiger partial charge in [-0.2, -0.15) is 0 Å². The van der Waals surface area contributed by atoms with E-state index in [1.807, 2.05) is 0 Å². The van der Waals surface area contributed by atoms with Gasteiger partial charge in [0.1, 0.15) is 6.17 Å². The molecule has 0 aromatic heterocycles. The molecule has 0 fully saturated rings. The number of primary sulfonamides is 1. The van der Waals surface area contributed by atoms with Crippen LogP contribution in [0.15, 0.2) is 53.4 Å². The van der Waals surface area contributed by atoms with Gasteiger partial charge < -0.3 is 16.0 Å². The second kappa shape index (κ2) is 9.65. The molecule has 0 heterocycles. The van der Waals surface area contributed by atoms with Crippen LogP contribution in [0, 0.1) is 0 Å². The van der Waals surface area contributed by atoms with Crippen molar-refractivity contribution in [3.05, 3.63) is 59.1 Å². The second-order valence-electron chi connectivity index (χ2n) is 5.63. The Labute approximate surface area is 192 Å². The van der Waals surface area contributed by atoms with Crippen LogP contribution in [0.2, 0.25) is 5.02 Å². The smallest absolute Gasteiger partial charge is 0.253 e. The number of thiocarbonyl (C=S) groups is 1. The minimum Gasteiger partial charge on any atom is -0.339 e. The summed E-state index contributed by atoms with van der Waals surface area (Å²) in [6, 6.07) is 11.7. The van der Waals surface area contributed by atoms with Crippen molar-refractivity contribution in [2.45, 2.75) is 14.9 Å². The van der Waals surface area contributed by atoms with Crippen LogP contribution in [-0.4, -0.2) is 29.4 Å². The summed E-state index contributed by atoms with van der Waals surface area (Å²) in [6.07, 6.45) is -1.19. The first-order valence-electron chi connectivity index (χ1n) is 7.70. The summed E-state index contributed by atoms with van der Waals surface area (Å²) in [4.78, 5) is 12.3. The molecule has 2 rings (SSSR count). The summed E-state index contributed by atoms with van der Waals surface area (Å²) in [5, 5.41) is 13.4. The summed E-state index contributed by atoms with van der Waals surface area (Å²) in [7, 11) is -3.81. The van der Waals surface area contributed by atoms with Gasteiger partial charge in [-0.15, -0.1) is 0 Å². The summed E-state index contributed by atoms with van der Waals surface area (Å²) >= 11 is 28.9. The van der Waals surface area contributed by atoms with Crippen molar-refractivity contribution in [2.24, 2.45) is 5.14 Å². The molecule has 2 aromatic rings. The van der Waals surface area contributed by atoms with Gasteiger partial charge in [0.25, 0.3) is 5.91 Å². The van der Waals surface area contributed by atoms with Crippen molar-refractivity contribution < 1.29 is 13.2 Å². The molecule has 2 aromatic carbocycles. The summed E-state index contributed by atoms with van der Waals surface area (Å²) in [6.45, 7) is 0. The Hall–Kier alpha value is -1.33. The zero-order valence-corrected chi connectivity index (χ0v) is 19.0. The standard InChI is InChI=1S/C16H14Cl4N4O3S2/c17-10-3-1-2-9(8-10)13(25)23-14(16(18,19)20)24-15(28)22-11-4-6-12(7-5-11)29(21,26)27/h1-8,14H,(H,23,25)(H2,21,26,27)(H2,22,24,28). The molecule has 0 radical (unpaired) electrons. The minimum absolute atomic E-state index is 0.0103. The van der Waals surface area contributed by atoms with E-state index in [-0.39, 0.29) is 15.6 Å². The first-order chi connectivity index (χ1) is 13.4. The number of alkyl halides is 3. The van der Waals surface area contributed by atoms with Gasteiger partial charge >= 0.3 is 0 Å². The highest BCUT2D eigenvalue weighted by Crippen LogP contribution is 2.29. The van der Waals surface area contributed by atoms with Gasteiger partial charge in [0.05, 0.1) is 4.90 Å². The third-order valence-corrected chi connectivity index (χ3v) is 5.44. The quantitative estimate of drug-likeness (QED) is 0.276. The van der Waals surface area contributed by atoms with Crippen molar-refractivity contribution in [2.75, 3.05) is 5.32 Å². The Morgan fingerprint density at radius 1 is 1.07 bits per heavy atom. The van der Waals surface area contributed by atoms with Crippen LogP contribution < -0.4 is 21.1 Å². The van der Waals surface area contributed by atoms with Gasteiger partial charge in [0.2, 0.25) is 13.8 Å². The number of nitrogens with two attached hydrogens (primary N) is 1. The molecule has 13 heteroatoms. The van der Waals surface area contributed by atoms with Gasteiger partial charge in [0, 0.05) is 16.3 Å². The molecular formula is C16H14Cl4N4O3S2. The largest absolute Gasteiger partial charge is 0.339 e. The van der Waals surface area contributed by atoms with Crippen molar-refractivity contribution in [3.8, 4) is 0 Å². The van der Waals surface area contributed by atoms with Crippen molar-refractivity contribution in [3.63, 3.8) is 0 Å². The summed E-state index contributed by atoms with van der Waals surface area (Å²) < 4.78 is 20.6. The fraction of sp³-hybridized carbons (Fsp3) is 0.125. The Morgan fingerprint density at radius 3 is 2.21 bits per heavy atom. The van der Waals surface area contributed by atoms with E-state index in [1.165, 1.54) is 30.3 Å². The van der Waals surface area contributed by atoms with Crippen molar-refractivity contribution >= 4 is 85.4 Å². The molecule has 0 bridgehead atoms. The number of nitrogens with one attached hydrogen (secondary N) is 3. The Kier molecular flexibility index (Phi) is 7.97. The van der Waals surface area contributed by atoms with Crippen molar-refractivity contribution in [1.82, 2.24) is 10.6 Å². The number of sulfonamides is 1. The van der Waals surface area contributed by atoms with Gasteiger partial charge in [0.15, 0.2) is 5.11 Å². The Balaban J connectivity index is 2.08. The lowest BCUT2D eigenvalue weighted by Crippen LogP contribution is -2.56. The first kappa shape index (κ1) is 23.9. The number of halogens is 4. The minimum atomic E-state index is -3.81. The molecule has 1 unspecified atom stereocenters. The SMILES string of the molecule is NS(=O)(=O)c1ccc(NC(=S)NC(NC(=O)c2cccc(Cl)c2)C(Cl)(Cl)Cl)cc1. The predicted molar refractivity (Wildman–Crippen MR) is 120 cm³/mol. The zero-order chi connectivity index (χ0) is 21.8. The van der Waals surface area contributed by atoms with E-state index in [9.17, 15) is 13.2 Å². The maximum atomic E-state index is 12.4. The average molecular weight is 516 g/mol. The third-order valence-electron chi connectivity index (χ3n) is 3.41. The van der Waals surface area contributed by atoms with E-state index in [1.54, 1.807) is 18.2 Å². The van der Waals surface area contributed by atoms with E-state index in [2.05, 4.69) is 16.0 Å². The number of amides is 1. The lowest BCUT2D eigenvalue weighted by atomic mass is 10.2. The highest BCUT2D eigenvalue weighted by Gasteiger charge is 2.35. The van der Waals surface area contributed by atoms with Gasteiger partial charge in [-0.1, -0.05) is 52.5 Å². The fourth-order valence-corrected chi connectivity index (χ4v) is 3.34. The van der Waals surface area contributed by atoms with E-state index >= 15 is 0 Å². The van der Waals surface area contributed by atoms with Crippen LogP contribution in [-0.2, 0) is 10.0 Å². The van der Waals surface area contributed by atoms with Crippen LogP contribution >= 0.6 is 58.6 Å². The van der Waals surface area contributed by atoms with E-state index in [0.717, 1.165) is 0 Å². The molecule has 0 aliphatic heterocycles. The number of carbonyl (C=O) groups excluding carboxylic acids is 1. The van der Waals surface area contributed by atoms with E-state index < -0.39 is 25.9 Å². The molecule has 1 atom stereocenters. The molecule has 5 N–H and O–H groups in total. The number of benzene rings is 2. The average Bonchev–Trinajstić information content (AvgIpc) is 2.60. The van der Waals surface area contributed by atoms with Gasteiger partial charge in [-0.25, -0.2) is 13.6 Å². The number of hydrogen-bond donors (Lipinski definition) is 4. The number of rotatable bonds is 5. The van der Waals surface area contributed by atoms with Gasteiger partial charge in [-0.05, 0) is 54.7 Å². The Bertz CT molecular complexity index is 1010. The van der Waals surface area contributed by atoms with E-state index in [4.69, 9.17) is 63.8 Å². The van der Waals surface area contributed by atoms with Gasteiger partial charge in [-0.3, -0.25) is 4.79 Å². The maximum absolute atomic E-state index is 12.4. The van der Waals surface area contributed by atoms with Crippen LogP contribution in [0.25, 0.3) is 0 Å². The molecule has 0 saturated heterocycles. The Morgan fingerprint density at radius 2 is 1.69 bits per heavy atom. The summed E-state index contributed by atoms with van der Waals surface area (Å²) in [5.41, 5.74) is 0.704. The summed E-state index contributed by atoms with van der Waals surface area (Å²) in [5.74, 6) is -0.545. The highest BCUT2D eigenvalue weighted by molar-refractivity contribution is 7.89. The van der Waals surface area contributed by atoms with Crippen LogP contribution in [0.5, 0.6) is 0 Å². The predicted octanol–water partition coefficient (Wildman–Crippen LogP) is 3.40. The maximum Gasteiger partial charge on any atom is 0.253 e. The number of anilines is 1. The molecule has 0 aliphatic carbocycles. The molecule has 0 saturated carbocycles. The molecule has 0 aliphatic rings. The molecule has 0 spiro atoms. The molecule has 29 heavy (non-hydrogen) atoms. The van der Waals surface area contributed by atoms with E-state index in [0.29, 0.717) is 10.7 Å².